The normalized spacial score (nSPS) is 14.6. The summed E-state index contributed by atoms with van der Waals surface area (Å²) in [6.07, 6.45) is 1.59. The third kappa shape index (κ3) is 5.69. The van der Waals surface area contributed by atoms with Gasteiger partial charge in [-0.2, -0.15) is 0 Å². The standard InChI is InChI=1S/C29H28FIN4O2S/c1-20-17-23(21(2)35-15-13-34(14-16-35)19-24-8-10-25(31)18-26(24)30)9-11-27(20)33-38(36,37)28-7-3-5-22-6-4-12-32-29(22)28/h3-12,17-18,33H,2,13-16,19H2,1H3. The number of anilines is 1. The lowest BCUT2D eigenvalue weighted by atomic mass is 10.1. The Bertz CT molecular complexity index is 1610. The van der Waals surface area contributed by atoms with Crippen LogP contribution in [0.15, 0.2) is 84.4 Å². The maximum atomic E-state index is 14.3. The van der Waals surface area contributed by atoms with Gasteiger partial charge in [0.1, 0.15) is 10.7 Å². The number of rotatable bonds is 7. The SMILES string of the molecule is C=C(c1ccc(NS(=O)(=O)c2cccc3cccnc23)c(C)c1)N1CCN(Cc2ccc(I)cc2F)CC1. The van der Waals surface area contributed by atoms with Crippen molar-refractivity contribution in [2.24, 2.45) is 0 Å². The molecular weight excluding hydrogens is 614 g/mol. The maximum Gasteiger partial charge on any atom is 0.264 e. The molecule has 196 valence electrons. The molecule has 38 heavy (non-hydrogen) atoms. The number of pyridine rings is 1. The molecule has 0 saturated carbocycles. The van der Waals surface area contributed by atoms with Gasteiger partial charge in [-0.3, -0.25) is 14.6 Å². The third-order valence-corrected chi connectivity index (χ3v) is 8.92. The van der Waals surface area contributed by atoms with Crippen LogP contribution in [0.3, 0.4) is 0 Å². The summed E-state index contributed by atoms with van der Waals surface area (Å²) in [5, 5.41) is 0.766. The quantitative estimate of drug-likeness (QED) is 0.256. The van der Waals surface area contributed by atoms with Crippen LogP contribution < -0.4 is 4.72 Å². The molecule has 1 aromatic heterocycles. The summed E-state index contributed by atoms with van der Waals surface area (Å²) in [7, 11) is -3.83. The van der Waals surface area contributed by atoms with E-state index in [4.69, 9.17) is 0 Å². The Morgan fingerprint density at radius 1 is 1.05 bits per heavy atom. The van der Waals surface area contributed by atoms with E-state index in [1.54, 1.807) is 36.5 Å². The smallest absolute Gasteiger partial charge is 0.264 e. The molecular formula is C29H28FIN4O2S. The van der Waals surface area contributed by atoms with Gasteiger partial charge in [0.05, 0.1) is 11.2 Å². The van der Waals surface area contributed by atoms with E-state index in [-0.39, 0.29) is 10.7 Å². The highest BCUT2D eigenvalue weighted by Crippen LogP contribution is 2.28. The van der Waals surface area contributed by atoms with Crippen molar-refractivity contribution in [3.05, 3.63) is 106 Å². The van der Waals surface area contributed by atoms with E-state index < -0.39 is 10.0 Å². The summed E-state index contributed by atoms with van der Waals surface area (Å²) < 4.78 is 44.3. The molecule has 6 nitrogen and oxygen atoms in total. The van der Waals surface area contributed by atoms with Crippen LogP contribution in [0, 0.1) is 16.3 Å². The van der Waals surface area contributed by atoms with Crippen LogP contribution >= 0.6 is 22.6 Å². The van der Waals surface area contributed by atoms with E-state index in [0.29, 0.717) is 23.3 Å². The predicted molar refractivity (Wildman–Crippen MR) is 159 cm³/mol. The van der Waals surface area contributed by atoms with Gasteiger partial charge in [-0.1, -0.05) is 36.9 Å². The summed E-state index contributed by atoms with van der Waals surface area (Å²) in [4.78, 5) is 8.90. The Morgan fingerprint density at radius 2 is 1.82 bits per heavy atom. The fourth-order valence-electron chi connectivity index (χ4n) is 4.70. The number of sulfonamides is 1. The van der Waals surface area contributed by atoms with Crippen LogP contribution in [-0.4, -0.2) is 49.4 Å². The second-order valence-electron chi connectivity index (χ2n) is 9.41. The molecule has 1 saturated heterocycles. The highest BCUT2D eigenvalue weighted by Gasteiger charge is 2.22. The Hall–Kier alpha value is -3.02. The molecule has 9 heteroatoms. The van der Waals surface area contributed by atoms with Crippen LogP contribution in [0.25, 0.3) is 16.6 Å². The summed E-state index contributed by atoms with van der Waals surface area (Å²) >= 11 is 2.12. The Labute approximate surface area is 236 Å². The van der Waals surface area contributed by atoms with Crippen molar-refractivity contribution in [3.8, 4) is 0 Å². The fraction of sp³-hybridized carbons (Fsp3) is 0.207. The number of benzene rings is 3. The van der Waals surface area contributed by atoms with Crippen molar-refractivity contribution in [2.45, 2.75) is 18.4 Å². The van der Waals surface area contributed by atoms with Crippen molar-refractivity contribution in [3.63, 3.8) is 0 Å². The molecule has 0 atom stereocenters. The Balaban J connectivity index is 1.25. The molecule has 1 aliphatic rings. The number of fused-ring (bicyclic) bond motifs is 1. The number of nitrogens with zero attached hydrogens (tertiary/aromatic N) is 3. The van der Waals surface area contributed by atoms with Gasteiger partial charge in [0, 0.05) is 59.1 Å². The van der Waals surface area contributed by atoms with E-state index in [1.807, 2.05) is 43.3 Å². The van der Waals surface area contributed by atoms with Crippen molar-refractivity contribution in [2.75, 3.05) is 30.9 Å². The van der Waals surface area contributed by atoms with Gasteiger partial charge in [0.25, 0.3) is 10.0 Å². The maximum absolute atomic E-state index is 14.3. The minimum atomic E-state index is -3.83. The Kier molecular flexibility index (Phi) is 7.69. The topological polar surface area (TPSA) is 65.5 Å². The molecule has 2 heterocycles. The lowest BCUT2D eigenvalue weighted by Crippen LogP contribution is -2.44. The van der Waals surface area contributed by atoms with E-state index in [9.17, 15) is 12.8 Å². The predicted octanol–water partition coefficient (Wildman–Crippen LogP) is 5.88. The van der Waals surface area contributed by atoms with Crippen molar-refractivity contribution < 1.29 is 12.8 Å². The molecule has 1 aliphatic heterocycles. The van der Waals surface area contributed by atoms with E-state index >= 15 is 0 Å². The number of hydrogen-bond donors (Lipinski definition) is 1. The number of hydrogen-bond acceptors (Lipinski definition) is 5. The van der Waals surface area contributed by atoms with Gasteiger partial charge in [-0.25, -0.2) is 12.8 Å². The van der Waals surface area contributed by atoms with E-state index in [1.165, 1.54) is 0 Å². The monoisotopic (exact) mass is 642 g/mol. The molecule has 0 bridgehead atoms. The van der Waals surface area contributed by atoms with E-state index in [0.717, 1.165) is 52.0 Å². The zero-order valence-corrected chi connectivity index (χ0v) is 24.0. The summed E-state index contributed by atoms with van der Waals surface area (Å²) in [6, 6.07) is 19.7. The van der Waals surface area contributed by atoms with Gasteiger partial charge in [-0.05, 0) is 77.0 Å². The Morgan fingerprint density at radius 3 is 2.55 bits per heavy atom. The van der Waals surface area contributed by atoms with Gasteiger partial charge in [0.15, 0.2) is 0 Å². The van der Waals surface area contributed by atoms with Crippen molar-refractivity contribution in [1.29, 1.82) is 0 Å². The lowest BCUT2D eigenvalue weighted by Gasteiger charge is -2.37. The molecule has 4 aromatic rings. The molecule has 0 spiro atoms. The second-order valence-corrected chi connectivity index (χ2v) is 12.3. The summed E-state index contributed by atoms with van der Waals surface area (Å²) in [5.74, 6) is -0.161. The lowest BCUT2D eigenvalue weighted by molar-refractivity contribution is 0.168. The molecule has 1 N–H and O–H groups in total. The van der Waals surface area contributed by atoms with Crippen molar-refractivity contribution >= 4 is 54.9 Å². The van der Waals surface area contributed by atoms with Crippen LogP contribution in [0.2, 0.25) is 0 Å². The largest absolute Gasteiger partial charge is 0.369 e. The molecule has 0 radical (unpaired) electrons. The van der Waals surface area contributed by atoms with Crippen LogP contribution in [0.1, 0.15) is 16.7 Å². The minimum Gasteiger partial charge on any atom is -0.369 e. The van der Waals surface area contributed by atoms with Gasteiger partial charge < -0.3 is 4.90 Å². The summed E-state index contributed by atoms with van der Waals surface area (Å²) in [6.45, 7) is 9.95. The molecule has 0 aliphatic carbocycles. The van der Waals surface area contributed by atoms with Crippen LogP contribution in [0.5, 0.6) is 0 Å². The fourth-order valence-corrected chi connectivity index (χ4v) is 6.46. The first kappa shape index (κ1) is 26.6. The number of piperazine rings is 1. The first-order valence-electron chi connectivity index (χ1n) is 12.3. The molecule has 1 fully saturated rings. The first-order valence-corrected chi connectivity index (χ1v) is 14.9. The van der Waals surface area contributed by atoms with Gasteiger partial charge in [-0.15, -0.1) is 0 Å². The number of aryl methyl sites for hydroxylation is 1. The first-order chi connectivity index (χ1) is 18.2. The number of para-hydroxylation sites is 1. The zero-order chi connectivity index (χ0) is 26.9. The highest BCUT2D eigenvalue weighted by molar-refractivity contribution is 14.1. The zero-order valence-electron chi connectivity index (χ0n) is 21.0. The van der Waals surface area contributed by atoms with Gasteiger partial charge >= 0.3 is 0 Å². The second kappa shape index (κ2) is 11.0. The van der Waals surface area contributed by atoms with Gasteiger partial charge in [0.2, 0.25) is 0 Å². The molecule has 0 amide bonds. The van der Waals surface area contributed by atoms with Crippen molar-refractivity contribution in [1.82, 2.24) is 14.8 Å². The van der Waals surface area contributed by atoms with Crippen LogP contribution in [-0.2, 0) is 16.6 Å². The number of nitrogens with one attached hydrogen (secondary N) is 1. The molecule has 3 aromatic carbocycles. The highest BCUT2D eigenvalue weighted by atomic mass is 127. The summed E-state index contributed by atoms with van der Waals surface area (Å²) in [5.41, 5.74) is 4.29. The third-order valence-electron chi connectivity index (χ3n) is 6.85. The molecule has 5 rings (SSSR count). The average Bonchev–Trinajstić information content (AvgIpc) is 2.91. The number of aromatic nitrogens is 1. The number of halogens is 2. The molecule has 0 unspecified atom stereocenters. The van der Waals surface area contributed by atoms with E-state index in [2.05, 4.69) is 48.7 Å². The minimum absolute atomic E-state index is 0.145. The van der Waals surface area contributed by atoms with Crippen LogP contribution in [0.4, 0.5) is 10.1 Å². The average molecular weight is 643 g/mol.